The number of benzene rings is 10. The number of methoxy groups -OCH3 is 3. The van der Waals surface area contributed by atoms with Crippen LogP contribution in [0, 0.1) is 5.82 Å². The second kappa shape index (κ2) is 53.4. The first-order chi connectivity index (χ1) is 65.5. The van der Waals surface area contributed by atoms with E-state index >= 15 is 0 Å². The maximum Gasteiger partial charge on any atom is 0.354 e. The molecule has 17 rings (SSSR count). The highest BCUT2D eigenvalue weighted by Crippen LogP contribution is 2.43. The van der Waals surface area contributed by atoms with Crippen molar-refractivity contribution in [1.82, 2.24) is 9.97 Å². The number of aromatic carboxylic acids is 1. The lowest BCUT2D eigenvalue weighted by atomic mass is 9.84. The van der Waals surface area contributed by atoms with Gasteiger partial charge in [0.25, 0.3) is 0 Å². The average Bonchev–Trinajstić information content (AvgIpc) is 1.65. The molecule has 0 saturated heterocycles. The Morgan fingerprint density at radius 3 is 1.07 bits per heavy atom. The van der Waals surface area contributed by atoms with Crippen molar-refractivity contribution in [3.05, 3.63) is 326 Å². The molecule has 2 heterocycles. The largest absolute Gasteiger partial charge is 0.508 e. The third-order valence-corrected chi connectivity index (χ3v) is 25.3. The van der Waals surface area contributed by atoms with Crippen LogP contribution in [0.15, 0.2) is 228 Å². The number of ether oxygens (including phenoxy) is 7. The lowest BCUT2D eigenvalue weighted by Crippen LogP contribution is -2.04. The van der Waals surface area contributed by atoms with Gasteiger partial charge in [0.2, 0.25) is 0 Å². The normalized spacial score (nSPS) is 14.6. The van der Waals surface area contributed by atoms with Gasteiger partial charge in [-0.05, 0) is 266 Å². The predicted octanol–water partition coefficient (Wildman–Crippen LogP) is 32.0. The van der Waals surface area contributed by atoms with E-state index in [1.54, 1.807) is 84.9 Å². The number of carboxylic acid groups (broad SMARTS) is 1. The summed E-state index contributed by atoms with van der Waals surface area (Å²) < 4.78 is 50.0. The van der Waals surface area contributed by atoms with E-state index in [9.17, 15) is 38.3 Å². The molecule has 0 aliphatic heterocycles. The number of halogens is 6. The Kier molecular flexibility index (Phi) is 40.6. The van der Waals surface area contributed by atoms with E-state index in [4.69, 9.17) is 97.9 Å². The summed E-state index contributed by atoms with van der Waals surface area (Å²) in [6.45, 7) is -0.229. The summed E-state index contributed by atoms with van der Waals surface area (Å²) in [6, 6.07) is 64.7. The first-order valence-corrected chi connectivity index (χ1v) is 47.1. The minimum absolute atomic E-state index is 0.0319. The molecule has 2 aromatic heterocycles. The van der Waals surface area contributed by atoms with Gasteiger partial charge in [-0.3, -0.25) is 14.4 Å². The van der Waals surface area contributed by atoms with Crippen molar-refractivity contribution < 1.29 is 76.5 Å². The number of aromatic hydroxyl groups is 1. The molecule has 5 aliphatic rings. The lowest BCUT2D eigenvalue weighted by molar-refractivity contribution is -0.139. The third kappa shape index (κ3) is 31.7. The van der Waals surface area contributed by atoms with Crippen LogP contribution >= 0.6 is 58.0 Å². The Morgan fingerprint density at radius 2 is 0.733 bits per heavy atom. The molecule has 704 valence electrons. The van der Waals surface area contributed by atoms with E-state index in [1.807, 2.05) is 48.5 Å². The number of rotatable bonds is 22. The standard InChI is InChI=1S/C22H22ClN3O3.C22H22ClNO3.C21H20ClNO3.C19H19ClO2.C12H16O.C7H4ClFO.C3H5N3O2/c1-28-22(27)20(25-26-24)13-17-7-10-18(23)14-21(17)29-19-11-8-16(9-12-19)15-5-3-2-4-6-15;1-26-22(25)20-13-18-19(24-20)11-16(23)12-21(18)27-17-9-7-15(8-10-17)14-5-3-2-4-6-14;22-15-10-18-17(12-19(23-18)21(24)25)20(11-15)26-16-8-6-14(7-9-16)13-4-2-1-3-5-13;20-17-9-6-16(13-21)19(12-17)22-18-10-7-15(8-11-18)14-4-2-1-3-5-14;13-12-8-6-11(7-9-12)10-4-2-1-3-5-10;8-6-2-1-5(4-10)7(9)3-6;1-8-3(7)2-5-6-4/h7-15H,2-6H2,1H3;7-14,24H,2-6H2,1H3;6-13,23H,1-5H2,(H,24,25);6-14H,1-5H2;6-10,13H,1-5H2;1-4H;2H2,1H3/b20-13-;;;;;;. The van der Waals surface area contributed by atoms with Crippen molar-refractivity contribution in [3.63, 3.8) is 0 Å². The number of nitrogens with one attached hydrogen (secondary N) is 2. The number of carboxylic acids is 1. The number of carbonyl (C=O) groups excluding carboxylic acids is 5. The monoisotopic (exact) mass is 1930 g/mol. The summed E-state index contributed by atoms with van der Waals surface area (Å²) in [4.78, 5) is 76.9. The van der Waals surface area contributed by atoms with Gasteiger partial charge in [-0.2, -0.15) is 0 Å². The Hall–Kier alpha value is -12.8. The van der Waals surface area contributed by atoms with Gasteiger partial charge in [0.1, 0.15) is 81.2 Å². The number of fused-ring (bicyclic) bond motifs is 2. The van der Waals surface area contributed by atoms with Crippen LogP contribution in [0.5, 0.6) is 51.7 Å². The van der Waals surface area contributed by atoms with Gasteiger partial charge in [-0.1, -0.05) is 225 Å². The van der Waals surface area contributed by atoms with Crippen molar-refractivity contribution in [2.75, 3.05) is 27.9 Å². The number of esters is 3. The maximum atomic E-state index is 12.5. The van der Waals surface area contributed by atoms with Crippen LogP contribution in [-0.2, 0) is 23.8 Å². The summed E-state index contributed by atoms with van der Waals surface area (Å²) in [5, 5.41) is 28.5. The fourth-order valence-corrected chi connectivity index (χ4v) is 18.0. The summed E-state index contributed by atoms with van der Waals surface area (Å²) in [7, 11) is 3.80. The van der Waals surface area contributed by atoms with Gasteiger partial charge in [0.15, 0.2) is 12.6 Å². The average molecular weight is 1930 g/mol. The molecule has 23 nitrogen and oxygen atoms in total. The van der Waals surface area contributed by atoms with E-state index in [-0.39, 0.29) is 23.5 Å². The zero-order valence-electron chi connectivity index (χ0n) is 75.4. The topological polar surface area (TPSA) is 337 Å². The summed E-state index contributed by atoms with van der Waals surface area (Å²) in [6.07, 6.45) is 35.4. The van der Waals surface area contributed by atoms with Gasteiger partial charge in [0, 0.05) is 75.5 Å². The van der Waals surface area contributed by atoms with Crippen LogP contribution in [0.4, 0.5) is 4.39 Å². The van der Waals surface area contributed by atoms with Gasteiger partial charge >= 0.3 is 23.9 Å². The minimum Gasteiger partial charge on any atom is -0.508 e. The molecule has 0 radical (unpaired) electrons. The predicted molar refractivity (Wildman–Crippen MR) is 528 cm³/mol. The second-order valence-corrected chi connectivity index (χ2v) is 35.5. The van der Waals surface area contributed by atoms with Crippen molar-refractivity contribution in [3.8, 4) is 51.7 Å². The van der Waals surface area contributed by atoms with E-state index in [1.165, 1.54) is 228 Å². The minimum atomic E-state index is -1.01. The van der Waals surface area contributed by atoms with Crippen LogP contribution < -0.4 is 18.9 Å². The Labute approximate surface area is 809 Å². The van der Waals surface area contributed by atoms with Gasteiger partial charge in [-0.15, -0.1) is 0 Å². The molecular weight excluding hydrogens is 1820 g/mol. The number of carbonyl (C=O) groups is 6. The van der Waals surface area contributed by atoms with E-state index < -0.39 is 29.7 Å². The zero-order chi connectivity index (χ0) is 96.0. The third-order valence-electron chi connectivity index (χ3n) is 24.2. The second-order valence-electron chi connectivity index (χ2n) is 33.3. The number of azide groups is 2. The SMILES string of the molecule is COC(=O)/C(=C/c1ccc(Cl)cc1Oc1ccc(C2CCCCC2)cc1)N=[N+]=[N-].COC(=O)CN=[N+]=[N-].COC(=O)c1cc2c(Oc3ccc(C4CCCCC4)cc3)cc(Cl)cc2[nH]1.O=C(O)c1cc2c(Oc3ccc(C4CCCCC4)cc3)cc(Cl)cc2[nH]1.O=Cc1ccc(Cl)cc1F.O=Cc1ccc(Cl)cc1Oc1ccc(C2CCCCC2)cc1.Oc1ccc(C2CCCCC2)cc1. The summed E-state index contributed by atoms with van der Waals surface area (Å²) >= 11 is 29.9. The number of phenols is 1. The molecule has 12 aromatic rings. The van der Waals surface area contributed by atoms with Crippen molar-refractivity contribution in [1.29, 1.82) is 0 Å². The van der Waals surface area contributed by atoms with Crippen LogP contribution in [0.25, 0.3) is 48.8 Å². The van der Waals surface area contributed by atoms with Crippen molar-refractivity contribution in [2.45, 2.75) is 190 Å². The highest BCUT2D eigenvalue weighted by molar-refractivity contribution is 6.32. The maximum absolute atomic E-state index is 12.5. The molecule has 10 aromatic carbocycles. The molecule has 0 amide bonds. The molecule has 5 fully saturated rings. The molecular formula is C106H108Cl5FN8O15. The Morgan fingerprint density at radius 1 is 0.400 bits per heavy atom. The fraction of sp³-hybridized carbons (Fsp3) is 0.321. The van der Waals surface area contributed by atoms with E-state index in [0.29, 0.717) is 123 Å². The number of aldehydes is 2. The zero-order valence-corrected chi connectivity index (χ0v) is 79.1. The summed E-state index contributed by atoms with van der Waals surface area (Å²) in [5.41, 5.74) is 26.0. The number of aromatic nitrogens is 2. The van der Waals surface area contributed by atoms with Crippen LogP contribution in [0.1, 0.15) is 265 Å². The van der Waals surface area contributed by atoms with Gasteiger partial charge < -0.3 is 53.3 Å². The smallest absolute Gasteiger partial charge is 0.354 e. The van der Waals surface area contributed by atoms with Crippen molar-refractivity contribution in [2.24, 2.45) is 10.2 Å². The number of aromatic amines is 2. The molecule has 0 unspecified atom stereocenters. The van der Waals surface area contributed by atoms with Gasteiger partial charge in [-0.25, -0.2) is 18.8 Å². The molecule has 5 aliphatic carbocycles. The first-order valence-electron chi connectivity index (χ1n) is 45.2. The Bertz CT molecular complexity index is 6080. The molecule has 135 heavy (non-hydrogen) atoms. The highest BCUT2D eigenvalue weighted by Gasteiger charge is 2.24. The molecule has 0 bridgehead atoms. The molecule has 0 spiro atoms. The van der Waals surface area contributed by atoms with Gasteiger partial charge in [0.05, 0.1) is 43.5 Å². The first kappa shape index (κ1) is 103. The summed E-state index contributed by atoms with van der Waals surface area (Å²) in [5.74, 6) is 5.39. The molecule has 29 heteroatoms. The number of phenolic OH excluding ortho intramolecular Hbond substituents is 1. The van der Waals surface area contributed by atoms with Crippen LogP contribution in [0.3, 0.4) is 0 Å². The molecule has 5 saturated carbocycles. The fourth-order valence-electron chi connectivity index (χ4n) is 17.1. The number of H-pyrrole nitrogens is 2. The quantitative estimate of drug-likeness (QED) is 0.00932. The van der Waals surface area contributed by atoms with Crippen molar-refractivity contribution >= 4 is 122 Å². The van der Waals surface area contributed by atoms with E-state index in [2.05, 4.69) is 100 Å². The lowest BCUT2D eigenvalue weighted by Gasteiger charge is -2.22. The number of nitrogens with zero attached hydrogens (tertiary/aromatic N) is 6. The van der Waals surface area contributed by atoms with Crippen LogP contribution in [-0.4, -0.2) is 84.5 Å². The van der Waals surface area contributed by atoms with Crippen LogP contribution in [0.2, 0.25) is 25.1 Å². The molecule has 0 atom stereocenters. The highest BCUT2D eigenvalue weighted by atomic mass is 35.5. The Balaban J connectivity index is 0.000000157. The number of hydrogen-bond donors (Lipinski definition) is 4. The van der Waals surface area contributed by atoms with E-state index in [0.717, 1.165) is 40.7 Å². The number of hydrogen-bond acceptors (Lipinski definition) is 16. The molecule has 4 N–H and O–H groups in total.